The maximum atomic E-state index is 5.44. The summed E-state index contributed by atoms with van der Waals surface area (Å²) >= 11 is 5.27. The zero-order valence-electron chi connectivity index (χ0n) is 10.5. The second-order valence-corrected chi connectivity index (χ2v) is 4.36. The smallest absolute Gasteiger partial charge is 0.195 e. The van der Waals surface area contributed by atoms with Gasteiger partial charge in [-0.15, -0.1) is 0 Å². The molecule has 0 aliphatic carbocycles. The minimum absolute atomic E-state index is 0.131. The molecule has 0 amide bonds. The van der Waals surface area contributed by atoms with E-state index in [4.69, 9.17) is 17.0 Å². The number of ether oxygens (including phenoxy) is 1. The van der Waals surface area contributed by atoms with Crippen molar-refractivity contribution >= 4 is 12.2 Å². The molecule has 1 unspecified atom stereocenters. The molecule has 6 heteroatoms. The Kier molecular flexibility index (Phi) is 4.22. The minimum atomic E-state index is 0.131. The third-order valence-electron chi connectivity index (χ3n) is 2.63. The van der Waals surface area contributed by atoms with Crippen molar-refractivity contribution in [2.75, 3.05) is 13.2 Å². The summed E-state index contributed by atoms with van der Waals surface area (Å²) < 4.78 is 8.00. The molecule has 0 aliphatic heterocycles. The lowest BCUT2D eigenvalue weighted by atomic mass is 10.2. The van der Waals surface area contributed by atoms with Crippen LogP contribution >= 0.6 is 12.2 Å². The fourth-order valence-electron chi connectivity index (χ4n) is 1.78. The Morgan fingerprint density at radius 3 is 3.06 bits per heavy atom. The van der Waals surface area contributed by atoms with Crippen LogP contribution < -0.4 is 0 Å². The Morgan fingerprint density at radius 2 is 2.39 bits per heavy atom. The highest BCUT2D eigenvalue weighted by molar-refractivity contribution is 7.71. The highest BCUT2D eigenvalue weighted by Gasteiger charge is 2.14. The number of aromatic nitrogens is 4. The van der Waals surface area contributed by atoms with Crippen LogP contribution in [0.2, 0.25) is 0 Å². The van der Waals surface area contributed by atoms with Gasteiger partial charge in [0.2, 0.25) is 0 Å². The zero-order valence-corrected chi connectivity index (χ0v) is 11.3. The van der Waals surface area contributed by atoms with Crippen LogP contribution in [-0.4, -0.2) is 33.0 Å². The van der Waals surface area contributed by atoms with E-state index in [1.807, 2.05) is 23.6 Å². The molecule has 0 saturated heterocycles. The van der Waals surface area contributed by atoms with Gasteiger partial charge in [-0.05, 0) is 38.2 Å². The normalized spacial score (nSPS) is 12.6. The van der Waals surface area contributed by atoms with Gasteiger partial charge in [0.25, 0.3) is 0 Å². The number of H-pyrrole nitrogens is 1. The summed E-state index contributed by atoms with van der Waals surface area (Å²) in [5.41, 5.74) is 0.938. The van der Waals surface area contributed by atoms with Gasteiger partial charge in [0.15, 0.2) is 10.6 Å². The summed E-state index contributed by atoms with van der Waals surface area (Å²) in [5.74, 6) is 0.792. The third-order valence-corrected chi connectivity index (χ3v) is 2.92. The molecule has 1 N–H and O–H groups in total. The second-order valence-electron chi connectivity index (χ2n) is 3.97. The standard InChI is InChI=1S/C12H16N4OS/c1-3-17-8-9(2)16-11(14-15-12(16)18)10-5-4-6-13-7-10/h4-7,9H,3,8H2,1-2H3,(H,15,18). The van der Waals surface area contributed by atoms with Crippen LogP contribution in [0, 0.1) is 4.77 Å². The van der Waals surface area contributed by atoms with Gasteiger partial charge in [-0.25, -0.2) is 0 Å². The topological polar surface area (TPSA) is 55.7 Å². The molecule has 0 fully saturated rings. The van der Waals surface area contributed by atoms with Crippen LogP contribution in [-0.2, 0) is 4.74 Å². The van der Waals surface area contributed by atoms with E-state index in [1.54, 1.807) is 12.4 Å². The molecule has 18 heavy (non-hydrogen) atoms. The molecule has 2 aromatic rings. The van der Waals surface area contributed by atoms with Gasteiger partial charge < -0.3 is 4.74 Å². The van der Waals surface area contributed by atoms with Gasteiger partial charge in [-0.2, -0.15) is 5.10 Å². The molecule has 0 spiro atoms. The zero-order chi connectivity index (χ0) is 13.0. The minimum Gasteiger partial charge on any atom is -0.380 e. The van der Waals surface area contributed by atoms with Gasteiger partial charge >= 0.3 is 0 Å². The number of aromatic amines is 1. The lowest BCUT2D eigenvalue weighted by Crippen LogP contribution is -2.13. The van der Waals surface area contributed by atoms with Crippen LogP contribution in [0.4, 0.5) is 0 Å². The Bertz CT molecular complexity index is 549. The molecule has 5 nitrogen and oxygen atoms in total. The van der Waals surface area contributed by atoms with Gasteiger partial charge in [0.05, 0.1) is 12.6 Å². The van der Waals surface area contributed by atoms with Gasteiger partial charge in [0, 0.05) is 24.6 Å². The molecular weight excluding hydrogens is 248 g/mol. The summed E-state index contributed by atoms with van der Waals surface area (Å²) in [6, 6.07) is 3.97. The molecule has 2 aromatic heterocycles. The summed E-state index contributed by atoms with van der Waals surface area (Å²) in [5, 5.41) is 7.09. The van der Waals surface area contributed by atoms with Gasteiger partial charge in [-0.1, -0.05) is 0 Å². The fourth-order valence-corrected chi connectivity index (χ4v) is 2.09. The molecule has 0 aromatic carbocycles. The number of pyridine rings is 1. The Balaban J connectivity index is 2.36. The van der Waals surface area contributed by atoms with Crippen molar-refractivity contribution in [3.05, 3.63) is 29.3 Å². The van der Waals surface area contributed by atoms with E-state index in [0.29, 0.717) is 18.0 Å². The highest BCUT2D eigenvalue weighted by Crippen LogP contribution is 2.20. The lowest BCUT2D eigenvalue weighted by molar-refractivity contribution is 0.119. The van der Waals surface area contributed by atoms with Crippen LogP contribution in [0.5, 0.6) is 0 Å². The van der Waals surface area contributed by atoms with Crippen molar-refractivity contribution < 1.29 is 4.74 Å². The number of rotatable bonds is 5. The van der Waals surface area contributed by atoms with Gasteiger partial charge in [-0.3, -0.25) is 14.6 Å². The van der Waals surface area contributed by atoms with Crippen molar-refractivity contribution in [1.82, 2.24) is 19.7 Å². The molecule has 96 valence electrons. The predicted molar refractivity (Wildman–Crippen MR) is 71.8 cm³/mol. The molecular formula is C12H16N4OS. The van der Waals surface area contributed by atoms with E-state index in [-0.39, 0.29) is 6.04 Å². The molecule has 0 radical (unpaired) electrons. The quantitative estimate of drug-likeness (QED) is 0.843. The van der Waals surface area contributed by atoms with Gasteiger partial charge in [0.1, 0.15) is 0 Å². The summed E-state index contributed by atoms with van der Waals surface area (Å²) in [6.45, 7) is 5.33. The van der Waals surface area contributed by atoms with E-state index in [0.717, 1.165) is 11.4 Å². The SMILES string of the molecule is CCOCC(C)n1c(-c2cccnc2)n[nH]c1=S. The van der Waals surface area contributed by atoms with E-state index in [9.17, 15) is 0 Å². The van der Waals surface area contributed by atoms with E-state index in [2.05, 4.69) is 22.1 Å². The van der Waals surface area contributed by atoms with Crippen molar-refractivity contribution in [2.24, 2.45) is 0 Å². The predicted octanol–water partition coefficient (Wildman–Crippen LogP) is 2.60. The first-order valence-electron chi connectivity index (χ1n) is 5.89. The van der Waals surface area contributed by atoms with Crippen LogP contribution in [0.3, 0.4) is 0 Å². The largest absolute Gasteiger partial charge is 0.380 e. The maximum Gasteiger partial charge on any atom is 0.195 e. The molecule has 0 saturated carbocycles. The number of nitrogens with zero attached hydrogens (tertiary/aromatic N) is 3. The number of nitrogens with one attached hydrogen (secondary N) is 1. The first kappa shape index (κ1) is 12.9. The first-order valence-corrected chi connectivity index (χ1v) is 6.30. The monoisotopic (exact) mass is 264 g/mol. The van der Waals surface area contributed by atoms with E-state index < -0.39 is 0 Å². The molecule has 0 aliphatic rings. The number of hydrogen-bond acceptors (Lipinski definition) is 4. The van der Waals surface area contributed by atoms with Crippen LogP contribution in [0.1, 0.15) is 19.9 Å². The molecule has 1 atom stereocenters. The molecule has 2 heterocycles. The molecule has 2 rings (SSSR count). The van der Waals surface area contributed by atoms with Crippen molar-refractivity contribution in [3.63, 3.8) is 0 Å². The van der Waals surface area contributed by atoms with Crippen molar-refractivity contribution in [2.45, 2.75) is 19.9 Å². The summed E-state index contributed by atoms with van der Waals surface area (Å²) in [6.07, 6.45) is 3.51. The van der Waals surface area contributed by atoms with E-state index in [1.165, 1.54) is 0 Å². The summed E-state index contributed by atoms with van der Waals surface area (Å²) in [7, 11) is 0. The highest BCUT2D eigenvalue weighted by atomic mass is 32.1. The van der Waals surface area contributed by atoms with Crippen molar-refractivity contribution in [3.8, 4) is 11.4 Å². The van der Waals surface area contributed by atoms with Crippen molar-refractivity contribution in [1.29, 1.82) is 0 Å². The lowest BCUT2D eigenvalue weighted by Gasteiger charge is -2.15. The Labute approximate surface area is 111 Å². The number of hydrogen-bond donors (Lipinski definition) is 1. The maximum absolute atomic E-state index is 5.44. The van der Waals surface area contributed by atoms with E-state index >= 15 is 0 Å². The third kappa shape index (κ3) is 2.65. The molecule has 0 bridgehead atoms. The average molecular weight is 264 g/mol. The average Bonchev–Trinajstić information content (AvgIpc) is 2.79. The van der Waals surface area contributed by atoms with Crippen LogP contribution in [0.15, 0.2) is 24.5 Å². The second kappa shape index (κ2) is 5.88. The Hall–Kier alpha value is -1.53. The van der Waals surface area contributed by atoms with Crippen LogP contribution in [0.25, 0.3) is 11.4 Å². The summed E-state index contributed by atoms with van der Waals surface area (Å²) in [4.78, 5) is 4.10. The first-order chi connectivity index (χ1) is 8.74. The fraction of sp³-hybridized carbons (Fsp3) is 0.417. The Morgan fingerprint density at radius 1 is 1.56 bits per heavy atom.